The van der Waals surface area contributed by atoms with Gasteiger partial charge in [0.25, 0.3) is 0 Å². The Hall–Kier alpha value is -4.48. The minimum absolute atomic E-state index is 0.0117. The predicted molar refractivity (Wildman–Crippen MR) is 127 cm³/mol. The van der Waals surface area contributed by atoms with Crippen LogP contribution in [0, 0.1) is 13.8 Å². The number of ether oxygens (including phenoxy) is 1. The molecule has 0 unspecified atom stereocenters. The first-order valence-corrected chi connectivity index (χ1v) is 11.5. The molecule has 2 aliphatic rings. The predicted octanol–water partition coefficient (Wildman–Crippen LogP) is 1.56. The van der Waals surface area contributed by atoms with E-state index in [0.29, 0.717) is 5.82 Å². The van der Waals surface area contributed by atoms with Crippen molar-refractivity contribution >= 4 is 23.3 Å². The standard InChI is InChI=1S/C25H26N4O8/c1-10-21(33)19(12(3)30)23-20(22(10)34)25(5)15(36-23)8-14(31)18(24(25)35)11(2)26-7-6-16(32)27-9-17-28-13(4)29-37-17/h8,26,33-34H,6-7,9H2,1-5H3,(H,27,32)/b18-11+/t25-/m0/s1. The molecule has 1 aromatic heterocycles. The lowest BCUT2D eigenvalue weighted by Crippen LogP contribution is -2.41. The first kappa shape index (κ1) is 25.6. The van der Waals surface area contributed by atoms with Crippen molar-refractivity contribution in [3.05, 3.63) is 51.5 Å². The van der Waals surface area contributed by atoms with E-state index >= 15 is 0 Å². The number of nitrogens with one attached hydrogen (secondary N) is 2. The Balaban J connectivity index is 1.57. The largest absolute Gasteiger partial charge is 0.507 e. The zero-order valence-electron chi connectivity index (χ0n) is 20.9. The molecule has 0 bridgehead atoms. The highest BCUT2D eigenvalue weighted by atomic mass is 16.5. The number of aromatic nitrogens is 2. The summed E-state index contributed by atoms with van der Waals surface area (Å²) in [6.07, 6.45) is 1.17. The smallest absolute Gasteiger partial charge is 0.246 e. The van der Waals surface area contributed by atoms with Crippen LogP contribution in [0.2, 0.25) is 0 Å². The number of fused-ring (bicyclic) bond motifs is 3. The van der Waals surface area contributed by atoms with Crippen LogP contribution in [0.4, 0.5) is 0 Å². The Morgan fingerprint density at radius 3 is 2.43 bits per heavy atom. The molecule has 2 aromatic rings. The monoisotopic (exact) mass is 510 g/mol. The molecule has 0 radical (unpaired) electrons. The molecule has 1 atom stereocenters. The number of carbonyl (C=O) groups excluding carboxylic acids is 4. The molecule has 0 fully saturated rings. The Bertz CT molecular complexity index is 1430. The number of rotatable bonds is 7. The number of ketones is 3. The van der Waals surface area contributed by atoms with Gasteiger partial charge in [0.05, 0.1) is 17.7 Å². The van der Waals surface area contributed by atoms with Crippen molar-refractivity contribution in [2.24, 2.45) is 0 Å². The number of hydrogen-bond donors (Lipinski definition) is 4. The Morgan fingerprint density at radius 1 is 1.11 bits per heavy atom. The van der Waals surface area contributed by atoms with E-state index in [1.54, 1.807) is 6.92 Å². The molecule has 1 aliphatic carbocycles. The van der Waals surface area contributed by atoms with Crippen LogP contribution < -0.4 is 15.4 Å². The molecule has 1 aliphatic heterocycles. The molecule has 1 aromatic carbocycles. The Morgan fingerprint density at radius 2 is 1.81 bits per heavy atom. The van der Waals surface area contributed by atoms with Gasteiger partial charge in [0, 0.05) is 30.3 Å². The summed E-state index contributed by atoms with van der Waals surface area (Å²) in [5.41, 5.74) is -1.68. The van der Waals surface area contributed by atoms with Crippen molar-refractivity contribution < 1.29 is 38.7 Å². The third kappa shape index (κ3) is 4.13. The summed E-state index contributed by atoms with van der Waals surface area (Å²) in [7, 11) is 0. The van der Waals surface area contributed by atoms with E-state index in [0.717, 1.165) is 6.08 Å². The second-order valence-electron chi connectivity index (χ2n) is 9.08. The number of allylic oxidation sites excluding steroid dienone is 4. The van der Waals surface area contributed by atoms with Crippen LogP contribution >= 0.6 is 0 Å². The van der Waals surface area contributed by atoms with E-state index in [1.807, 2.05) is 0 Å². The van der Waals surface area contributed by atoms with Crippen LogP contribution in [0.15, 0.2) is 27.6 Å². The van der Waals surface area contributed by atoms with Gasteiger partial charge in [-0.2, -0.15) is 4.98 Å². The first-order chi connectivity index (χ1) is 17.4. The molecule has 194 valence electrons. The van der Waals surface area contributed by atoms with Crippen molar-refractivity contribution in [3.8, 4) is 17.2 Å². The molecule has 0 spiro atoms. The Labute approximate surface area is 211 Å². The van der Waals surface area contributed by atoms with Gasteiger partial charge in [0.2, 0.25) is 11.8 Å². The van der Waals surface area contributed by atoms with Crippen molar-refractivity contribution in [2.75, 3.05) is 6.54 Å². The number of carbonyl (C=O) groups is 4. The van der Waals surface area contributed by atoms with E-state index in [1.165, 1.54) is 27.7 Å². The third-order valence-electron chi connectivity index (χ3n) is 6.51. The Kier molecular flexibility index (Phi) is 6.36. The van der Waals surface area contributed by atoms with Crippen LogP contribution in [0.5, 0.6) is 17.2 Å². The highest BCUT2D eigenvalue weighted by Crippen LogP contribution is 2.57. The van der Waals surface area contributed by atoms with E-state index < -0.39 is 34.3 Å². The maximum atomic E-state index is 13.7. The lowest BCUT2D eigenvalue weighted by molar-refractivity contribution is -0.124. The number of phenols is 2. The zero-order valence-corrected chi connectivity index (χ0v) is 20.9. The molecule has 0 saturated carbocycles. The quantitative estimate of drug-likeness (QED) is 0.241. The zero-order chi connectivity index (χ0) is 27.2. The van der Waals surface area contributed by atoms with Gasteiger partial charge in [-0.05, 0) is 34.6 Å². The summed E-state index contributed by atoms with van der Waals surface area (Å²) in [5.74, 6) is -2.45. The maximum Gasteiger partial charge on any atom is 0.246 e. The van der Waals surface area contributed by atoms with Gasteiger partial charge in [-0.1, -0.05) is 5.16 Å². The van der Waals surface area contributed by atoms with Crippen molar-refractivity contribution in [3.63, 3.8) is 0 Å². The third-order valence-corrected chi connectivity index (χ3v) is 6.51. The molecule has 4 N–H and O–H groups in total. The number of Topliss-reactive ketones (excluding diaryl/α,β-unsaturated/α-hetero) is 2. The van der Waals surface area contributed by atoms with Crippen LogP contribution in [-0.2, 0) is 26.3 Å². The number of aromatic hydroxyl groups is 2. The lowest BCUT2D eigenvalue weighted by atomic mass is 9.70. The fourth-order valence-electron chi connectivity index (χ4n) is 4.49. The van der Waals surface area contributed by atoms with Gasteiger partial charge in [0.15, 0.2) is 23.2 Å². The van der Waals surface area contributed by atoms with E-state index in [9.17, 15) is 29.4 Å². The molecule has 12 nitrogen and oxygen atoms in total. The summed E-state index contributed by atoms with van der Waals surface area (Å²) in [5, 5.41) is 30.5. The van der Waals surface area contributed by atoms with Crippen LogP contribution in [-0.4, -0.2) is 50.2 Å². The number of nitrogens with zero attached hydrogens (tertiary/aromatic N) is 2. The summed E-state index contributed by atoms with van der Waals surface area (Å²) in [6, 6.07) is 0. The van der Waals surface area contributed by atoms with Crippen LogP contribution in [0.3, 0.4) is 0 Å². The van der Waals surface area contributed by atoms with Crippen molar-refractivity contribution in [2.45, 2.75) is 53.0 Å². The number of aryl methyl sites for hydroxylation is 1. The normalized spacial score (nSPS) is 19.5. The fraction of sp³-hybridized carbons (Fsp3) is 0.360. The van der Waals surface area contributed by atoms with Gasteiger partial charge in [-0.15, -0.1) is 0 Å². The molecule has 12 heteroatoms. The van der Waals surface area contributed by atoms with E-state index in [4.69, 9.17) is 9.26 Å². The average molecular weight is 511 g/mol. The topological polar surface area (TPSA) is 181 Å². The van der Waals surface area contributed by atoms with Crippen molar-refractivity contribution in [1.29, 1.82) is 0 Å². The highest BCUT2D eigenvalue weighted by molar-refractivity contribution is 6.31. The van der Waals surface area contributed by atoms with Crippen LogP contribution in [0.1, 0.15) is 60.4 Å². The minimum Gasteiger partial charge on any atom is -0.507 e. The van der Waals surface area contributed by atoms with Gasteiger partial charge in [-0.3, -0.25) is 19.2 Å². The molecule has 2 heterocycles. The summed E-state index contributed by atoms with van der Waals surface area (Å²) >= 11 is 0. The highest BCUT2D eigenvalue weighted by Gasteiger charge is 2.56. The molecule has 1 amide bonds. The van der Waals surface area contributed by atoms with Gasteiger partial charge in [-0.25, -0.2) is 0 Å². The van der Waals surface area contributed by atoms with Crippen LogP contribution in [0.25, 0.3) is 0 Å². The first-order valence-electron chi connectivity index (χ1n) is 11.5. The number of hydrogen-bond acceptors (Lipinski definition) is 11. The summed E-state index contributed by atoms with van der Waals surface area (Å²) in [6.45, 7) is 7.51. The minimum atomic E-state index is -1.60. The number of benzene rings is 1. The molecule has 0 saturated heterocycles. The van der Waals surface area contributed by atoms with Gasteiger partial charge >= 0.3 is 0 Å². The fourth-order valence-corrected chi connectivity index (χ4v) is 4.49. The summed E-state index contributed by atoms with van der Waals surface area (Å²) in [4.78, 5) is 55.0. The molecule has 4 rings (SSSR count). The van der Waals surface area contributed by atoms with Gasteiger partial charge in [0.1, 0.15) is 34.0 Å². The number of amides is 1. The average Bonchev–Trinajstić information content (AvgIpc) is 3.37. The lowest BCUT2D eigenvalue weighted by Gasteiger charge is -2.29. The molecular formula is C25H26N4O8. The van der Waals surface area contributed by atoms with Crippen molar-refractivity contribution in [1.82, 2.24) is 20.8 Å². The number of phenolic OH excluding ortho intramolecular Hbond substituents is 2. The van der Waals surface area contributed by atoms with E-state index in [-0.39, 0.29) is 70.8 Å². The molecular weight excluding hydrogens is 484 g/mol. The molecule has 37 heavy (non-hydrogen) atoms. The SMILES string of the molecule is CC(=O)c1c(O)c(C)c(O)c2c1OC1=CC(=O)/C(=C(/C)NCCC(=O)NCc3nc(C)no3)C(=O)[C@@]12C. The second kappa shape index (κ2) is 9.19. The van der Waals surface area contributed by atoms with Gasteiger partial charge < -0.3 is 30.1 Å². The summed E-state index contributed by atoms with van der Waals surface area (Å²) < 4.78 is 10.7. The van der Waals surface area contributed by atoms with E-state index in [2.05, 4.69) is 20.8 Å². The second-order valence-corrected chi connectivity index (χ2v) is 9.08. The maximum absolute atomic E-state index is 13.7.